The predicted octanol–water partition coefficient (Wildman–Crippen LogP) is 4.33. The summed E-state index contributed by atoms with van der Waals surface area (Å²) in [6.07, 6.45) is 12.2. The standard InChI is InChI=1S/C27H27N7O/c1-3-19-8-6-9-20(14-19)24-15-25(31-27(30-24)29-21-10-4-5-11-21)26-17-34(33-32-26)16-22-12-7-13-23(28-22)18-35-2/h1,6-9,12-15,17,21H,4-5,10-11,16,18H2,2H3,(H,29,30,31). The molecule has 8 heteroatoms. The van der Waals surface area contributed by atoms with Crippen LogP contribution in [-0.4, -0.2) is 43.1 Å². The monoisotopic (exact) mass is 465 g/mol. The second kappa shape index (κ2) is 10.5. The summed E-state index contributed by atoms with van der Waals surface area (Å²) in [5.74, 6) is 3.29. The maximum atomic E-state index is 5.62. The Kier molecular flexibility index (Phi) is 6.77. The molecular formula is C27H27N7O. The third-order valence-electron chi connectivity index (χ3n) is 6.02. The molecule has 0 amide bonds. The molecule has 0 spiro atoms. The highest BCUT2D eigenvalue weighted by atomic mass is 16.5. The number of terminal acetylenes is 1. The van der Waals surface area contributed by atoms with Crippen LogP contribution in [0.2, 0.25) is 0 Å². The van der Waals surface area contributed by atoms with Gasteiger partial charge in [-0.3, -0.25) is 4.98 Å². The van der Waals surface area contributed by atoms with Gasteiger partial charge in [0.05, 0.1) is 42.1 Å². The van der Waals surface area contributed by atoms with Crippen molar-refractivity contribution in [3.05, 3.63) is 71.7 Å². The molecule has 0 aliphatic heterocycles. The Morgan fingerprint density at radius 2 is 1.80 bits per heavy atom. The lowest BCUT2D eigenvalue weighted by molar-refractivity contribution is 0.181. The minimum Gasteiger partial charge on any atom is -0.378 e. The number of rotatable bonds is 8. The van der Waals surface area contributed by atoms with Crippen LogP contribution in [0.3, 0.4) is 0 Å². The molecule has 5 rings (SSSR count). The highest BCUT2D eigenvalue weighted by Crippen LogP contribution is 2.27. The minimum atomic E-state index is 0.385. The van der Waals surface area contributed by atoms with E-state index >= 15 is 0 Å². The Morgan fingerprint density at radius 3 is 2.63 bits per heavy atom. The number of hydrogen-bond donors (Lipinski definition) is 1. The van der Waals surface area contributed by atoms with Gasteiger partial charge in [-0.2, -0.15) is 0 Å². The molecule has 0 radical (unpaired) electrons. The maximum absolute atomic E-state index is 5.62. The first-order chi connectivity index (χ1) is 17.2. The number of ether oxygens (including phenoxy) is 1. The Hall–Kier alpha value is -4.09. The number of aromatic nitrogens is 6. The Labute approximate surface area is 204 Å². The fourth-order valence-corrected chi connectivity index (χ4v) is 4.32. The zero-order valence-corrected chi connectivity index (χ0v) is 19.7. The molecule has 35 heavy (non-hydrogen) atoms. The van der Waals surface area contributed by atoms with Crippen LogP contribution in [0.5, 0.6) is 0 Å². The lowest BCUT2D eigenvalue weighted by Crippen LogP contribution is -2.17. The zero-order chi connectivity index (χ0) is 24.0. The SMILES string of the molecule is C#Cc1cccc(-c2cc(-c3cn(Cc4cccc(COC)n4)nn3)nc(NC3CCCC3)n2)c1. The molecule has 3 aromatic heterocycles. The molecular weight excluding hydrogens is 438 g/mol. The quantitative estimate of drug-likeness (QED) is 0.387. The van der Waals surface area contributed by atoms with Crippen molar-refractivity contribution in [2.75, 3.05) is 12.4 Å². The number of pyridine rings is 1. The minimum absolute atomic E-state index is 0.385. The molecule has 0 atom stereocenters. The van der Waals surface area contributed by atoms with Crippen LogP contribution >= 0.6 is 0 Å². The number of nitrogens with zero attached hydrogens (tertiary/aromatic N) is 6. The van der Waals surface area contributed by atoms with Gasteiger partial charge in [0.1, 0.15) is 5.69 Å². The molecule has 3 heterocycles. The van der Waals surface area contributed by atoms with Crippen molar-refractivity contribution in [2.24, 2.45) is 0 Å². The molecule has 0 saturated heterocycles. The van der Waals surface area contributed by atoms with Gasteiger partial charge in [0, 0.05) is 24.3 Å². The van der Waals surface area contributed by atoms with E-state index in [1.165, 1.54) is 12.8 Å². The van der Waals surface area contributed by atoms with Crippen molar-refractivity contribution in [1.82, 2.24) is 29.9 Å². The molecule has 8 nitrogen and oxygen atoms in total. The van der Waals surface area contributed by atoms with Crippen LogP contribution in [0.25, 0.3) is 22.6 Å². The smallest absolute Gasteiger partial charge is 0.224 e. The number of nitrogens with one attached hydrogen (secondary N) is 1. The Bertz CT molecular complexity index is 1350. The van der Waals surface area contributed by atoms with E-state index in [0.29, 0.717) is 36.5 Å². The summed E-state index contributed by atoms with van der Waals surface area (Å²) in [5.41, 5.74) is 5.67. The summed E-state index contributed by atoms with van der Waals surface area (Å²) in [5, 5.41) is 12.2. The van der Waals surface area contributed by atoms with E-state index in [1.54, 1.807) is 11.8 Å². The number of methoxy groups -OCH3 is 1. The van der Waals surface area contributed by atoms with Gasteiger partial charge in [-0.05, 0) is 43.2 Å². The van der Waals surface area contributed by atoms with Crippen molar-refractivity contribution in [2.45, 2.75) is 44.9 Å². The van der Waals surface area contributed by atoms with E-state index < -0.39 is 0 Å². The van der Waals surface area contributed by atoms with Gasteiger partial charge in [0.15, 0.2) is 0 Å². The van der Waals surface area contributed by atoms with Crippen LogP contribution in [0, 0.1) is 12.3 Å². The average molecular weight is 466 g/mol. The van der Waals surface area contributed by atoms with Crippen molar-refractivity contribution in [3.8, 4) is 35.0 Å². The number of anilines is 1. The highest BCUT2D eigenvalue weighted by molar-refractivity contribution is 5.68. The van der Waals surface area contributed by atoms with E-state index in [1.807, 2.05) is 54.7 Å². The van der Waals surface area contributed by atoms with E-state index in [9.17, 15) is 0 Å². The third kappa shape index (κ3) is 5.53. The number of benzene rings is 1. The average Bonchev–Trinajstić information content (AvgIpc) is 3.57. The first kappa shape index (κ1) is 22.7. The second-order valence-corrected chi connectivity index (χ2v) is 8.67. The fourth-order valence-electron chi connectivity index (χ4n) is 4.32. The summed E-state index contributed by atoms with van der Waals surface area (Å²) in [4.78, 5) is 14.2. The fraction of sp³-hybridized carbons (Fsp3) is 0.296. The Morgan fingerprint density at radius 1 is 1.00 bits per heavy atom. The van der Waals surface area contributed by atoms with Crippen molar-refractivity contribution in [3.63, 3.8) is 0 Å². The van der Waals surface area contributed by atoms with Crippen LogP contribution < -0.4 is 5.32 Å². The van der Waals surface area contributed by atoms with E-state index in [0.717, 1.165) is 41.1 Å². The molecule has 1 aliphatic carbocycles. The molecule has 1 N–H and O–H groups in total. The summed E-state index contributed by atoms with van der Waals surface area (Å²) < 4.78 is 6.95. The van der Waals surface area contributed by atoms with Crippen molar-refractivity contribution < 1.29 is 4.74 Å². The second-order valence-electron chi connectivity index (χ2n) is 8.67. The lowest BCUT2D eigenvalue weighted by atomic mass is 10.1. The normalized spacial score (nSPS) is 13.6. The molecule has 4 aromatic rings. The lowest BCUT2D eigenvalue weighted by Gasteiger charge is -2.14. The van der Waals surface area contributed by atoms with Crippen molar-refractivity contribution in [1.29, 1.82) is 0 Å². The van der Waals surface area contributed by atoms with Gasteiger partial charge in [0.2, 0.25) is 5.95 Å². The van der Waals surface area contributed by atoms with Gasteiger partial charge in [-0.1, -0.05) is 42.2 Å². The van der Waals surface area contributed by atoms with Crippen LogP contribution in [-0.2, 0) is 17.9 Å². The van der Waals surface area contributed by atoms with Gasteiger partial charge in [-0.25, -0.2) is 14.6 Å². The van der Waals surface area contributed by atoms with Crippen LogP contribution in [0.4, 0.5) is 5.95 Å². The molecule has 1 aliphatic rings. The van der Waals surface area contributed by atoms with Gasteiger partial charge in [0.25, 0.3) is 0 Å². The van der Waals surface area contributed by atoms with E-state index in [4.69, 9.17) is 21.1 Å². The molecule has 0 bridgehead atoms. The highest BCUT2D eigenvalue weighted by Gasteiger charge is 2.18. The predicted molar refractivity (Wildman–Crippen MR) is 134 cm³/mol. The van der Waals surface area contributed by atoms with E-state index in [2.05, 4.69) is 26.5 Å². The molecule has 0 unspecified atom stereocenters. The Balaban J connectivity index is 1.46. The summed E-state index contributed by atoms with van der Waals surface area (Å²) in [7, 11) is 1.66. The summed E-state index contributed by atoms with van der Waals surface area (Å²) >= 11 is 0. The first-order valence-electron chi connectivity index (χ1n) is 11.8. The maximum Gasteiger partial charge on any atom is 0.224 e. The van der Waals surface area contributed by atoms with Crippen LogP contribution in [0.1, 0.15) is 42.6 Å². The van der Waals surface area contributed by atoms with Gasteiger partial charge in [-0.15, -0.1) is 11.5 Å². The first-order valence-corrected chi connectivity index (χ1v) is 11.8. The largest absolute Gasteiger partial charge is 0.378 e. The van der Waals surface area contributed by atoms with E-state index in [-0.39, 0.29) is 0 Å². The van der Waals surface area contributed by atoms with Crippen molar-refractivity contribution >= 4 is 5.95 Å². The molecule has 1 saturated carbocycles. The molecule has 1 aromatic carbocycles. The third-order valence-corrected chi connectivity index (χ3v) is 6.02. The van der Waals surface area contributed by atoms with Crippen LogP contribution in [0.15, 0.2) is 54.7 Å². The topological polar surface area (TPSA) is 90.6 Å². The molecule has 1 fully saturated rings. The van der Waals surface area contributed by atoms with Gasteiger partial charge < -0.3 is 10.1 Å². The summed E-state index contributed by atoms with van der Waals surface area (Å²) in [6.45, 7) is 0.970. The zero-order valence-electron chi connectivity index (χ0n) is 19.7. The number of hydrogen-bond acceptors (Lipinski definition) is 7. The summed E-state index contributed by atoms with van der Waals surface area (Å²) in [6, 6.07) is 16.0. The molecule has 176 valence electrons. The van der Waals surface area contributed by atoms with Gasteiger partial charge >= 0.3 is 0 Å².